The van der Waals surface area contributed by atoms with E-state index in [9.17, 15) is 0 Å². The highest BCUT2D eigenvalue weighted by Crippen LogP contribution is 2.37. The zero-order chi connectivity index (χ0) is 12.4. The van der Waals surface area contributed by atoms with Gasteiger partial charge in [-0.1, -0.05) is 30.1 Å². The second kappa shape index (κ2) is 5.44. The third-order valence-electron chi connectivity index (χ3n) is 2.49. The SMILES string of the molecule is CCNC(c1coc(C)c1)c1cc(Cl)sc1Cl. The molecule has 17 heavy (non-hydrogen) atoms. The second-order valence-corrected chi connectivity index (χ2v) is 6.05. The number of thiophene rings is 1. The highest BCUT2D eigenvalue weighted by Gasteiger charge is 2.20. The fraction of sp³-hybridized carbons (Fsp3) is 0.333. The first-order valence-electron chi connectivity index (χ1n) is 5.35. The lowest BCUT2D eigenvalue weighted by Crippen LogP contribution is -2.21. The lowest BCUT2D eigenvalue weighted by molar-refractivity contribution is 0.526. The maximum Gasteiger partial charge on any atom is 0.101 e. The van der Waals surface area contributed by atoms with Gasteiger partial charge < -0.3 is 9.73 Å². The van der Waals surface area contributed by atoms with E-state index in [0.29, 0.717) is 4.34 Å². The summed E-state index contributed by atoms with van der Waals surface area (Å²) in [4.78, 5) is 0. The Kier molecular flexibility index (Phi) is 4.15. The molecule has 2 nitrogen and oxygen atoms in total. The average molecular weight is 290 g/mol. The minimum atomic E-state index is 0.0358. The Hall–Kier alpha value is -0.480. The molecular formula is C12H13Cl2NOS. The van der Waals surface area contributed by atoms with Gasteiger partial charge in [-0.2, -0.15) is 0 Å². The standard InChI is InChI=1S/C12H13Cl2NOS/c1-3-15-11(8-4-7(2)16-6-8)9-5-10(13)17-12(9)14/h4-6,11,15H,3H2,1-2H3. The maximum atomic E-state index is 6.20. The van der Waals surface area contributed by atoms with Gasteiger partial charge in [0.15, 0.2) is 0 Å². The van der Waals surface area contributed by atoms with Crippen LogP contribution in [-0.2, 0) is 0 Å². The number of halogens is 2. The van der Waals surface area contributed by atoms with Crippen molar-refractivity contribution in [2.75, 3.05) is 6.54 Å². The highest BCUT2D eigenvalue weighted by molar-refractivity contribution is 7.20. The first kappa shape index (κ1) is 13.0. The van der Waals surface area contributed by atoms with E-state index in [4.69, 9.17) is 27.6 Å². The van der Waals surface area contributed by atoms with Gasteiger partial charge in [0.25, 0.3) is 0 Å². The molecule has 0 aliphatic rings. The van der Waals surface area contributed by atoms with Crippen LogP contribution in [0.25, 0.3) is 0 Å². The third kappa shape index (κ3) is 2.86. The molecular weight excluding hydrogens is 277 g/mol. The van der Waals surface area contributed by atoms with Crippen LogP contribution in [0.5, 0.6) is 0 Å². The van der Waals surface area contributed by atoms with Gasteiger partial charge in [-0.3, -0.25) is 0 Å². The van der Waals surface area contributed by atoms with Crippen molar-refractivity contribution < 1.29 is 4.42 Å². The summed E-state index contributed by atoms with van der Waals surface area (Å²) >= 11 is 13.6. The van der Waals surface area contributed by atoms with Crippen molar-refractivity contribution in [2.24, 2.45) is 0 Å². The molecule has 0 bridgehead atoms. The lowest BCUT2D eigenvalue weighted by atomic mass is 10.0. The number of furan rings is 1. The van der Waals surface area contributed by atoms with Gasteiger partial charge in [0.1, 0.15) is 5.76 Å². The predicted molar refractivity (Wildman–Crippen MR) is 73.3 cm³/mol. The Bertz CT molecular complexity index is 506. The minimum absolute atomic E-state index is 0.0358. The summed E-state index contributed by atoms with van der Waals surface area (Å²) < 4.78 is 6.77. The zero-order valence-corrected chi connectivity index (χ0v) is 11.9. The summed E-state index contributed by atoms with van der Waals surface area (Å²) in [7, 11) is 0. The van der Waals surface area contributed by atoms with Gasteiger partial charge in [-0.15, -0.1) is 11.3 Å². The quantitative estimate of drug-likeness (QED) is 0.886. The molecule has 2 rings (SSSR count). The lowest BCUT2D eigenvalue weighted by Gasteiger charge is -2.15. The number of hydrogen-bond donors (Lipinski definition) is 1. The average Bonchev–Trinajstić information content (AvgIpc) is 2.82. The van der Waals surface area contributed by atoms with Crippen LogP contribution in [0.1, 0.15) is 29.9 Å². The first-order chi connectivity index (χ1) is 8.11. The predicted octanol–water partition coefficient (Wildman–Crippen LogP) is 4.66. The van der Waals surface area contributed by atoms with Crippen molar-refractivity contribution in [1.82, 2.24) is 5.32 Å². The fourth-order valence-corrected chi connectivity index (χ4v) is 3.31. The van der Waals surface area contributed by atoms with Gasteiger partial charge in [0.2, 0.25) is 0 Å². The molecule has 1 N–H and O–H groups in total. The summed E-state index contributed by atoms with van der Waals surface area (Å²) in [6.45, 7) is 4.83. The molecule has 0 fully saturated rings. The molecule has 2 aromatic heterocycles. The Balaban J connectivity index is 2.38. The number of rotatable bonds is 4. The van der Waals surface area contributed by atoms with Crippen LogP contribution in [0.3, 0.4) is 0 Å². The van der Waals surface area contributed by atoms with Crippen LogP contribution in [0.15, 0.2) is 22.8 Å². The van der Waals surface area contributed by atoms with Crippen molar-refractivity contribution in [3.05, 3.63) is 44.0 Å². The van der Waals surface area contributed by atoms with Crippen molar-refractivity contribution in [3.8, 4) is 0 Å². The normalized spacial score (nSPS) is 12.9. The molecule has 0 radical (unpaired) electrons. The third-order valence-corrected chi connectivity index (χ3v) is 4.00. The molecule has 0 aliphatic carbocycles. The minimum Gasteiger partial charge on any atom is -0.469 e. The molecule has 0 saturated heterocycles. The molecule has 0 saturated carbocycles. The van der Waals surface area contributed by atoms with Crippen LogP contribution in [0, 0.1) is 6.92 Å². The number of aryl methyl sites for hydroxylation is 1. The number of hydrogen-bond acceptors (Lipinski definition) is 3. The largest absolute Gasteiger partial charge is 0.469 e. The first-order valence-corrected chi connectivity index (χ1v) is 6.92. The van der Waals surface area contributed by atoms with E-state index in [1.807, 2.05) is 19.1 Å². The molecule has 1 atom stereocenters. The Morgan fingerprint density at radius 2 is 2.18 bits per heavy atom. The van der Waals surface area contributed by atoms with E-state index in [0.717, 1.165) is 27.8 Å². The van der Waals surface area contributed by atoms with Crippen molar-refractivity contribution in [1.29, 1.82) is 0 Å². The monoisotopic (exact) mass is 289 g/mol. The highest BCUT2D eigenvalue weighted by atomic mass is 35.5. The summed E-state index contributed by atoms with van der Waals surface area (Å²) in [6, 6.07) is 3.95. The molecule has 2 heterocycles. The van der Waals surface area contributed by atoms with E-state index in [-0.39, 0.29) is 6.04 Å². The van der Waals surface area contributed by atoms with Crippen molar-refractivity contribution in [3.63, 3.8) is 0 Å². The van der Waals surface area contributed by atoms with Crippen LogP contribution in [-0.4, -0.2) is 6.54 Å². The van der Waals surface area contributed by atoms with E-state index in [1.165, 1.54) is 11.3 Å². The van der Waals surface area contributed by atoms with E-state index < -0.39 is 0 Å². The summed E-state index contributed by atoms with van der Waals surface area (Å²) in [5, 5.41) is 3.39. The molecule has 1 unspecified atom stereocenters. The molecule has 0 amide bonds. The summed E-state index contributed by atoms with van der Waals surface area (Å²) in [6.07, 6.45) is 1.75. The molecule has 5 heteroatoms. The Morgan fingerprint density at radius 3 is 2.65 bits per heavy atom. The smallest absolute Gasteiger partial charge is 0.101 e. The molecule has 0 spiro atoms. The van der Waals surface area contributed by atoms with Crippen LogP contribution < -0.4 is 5.32 Å². The fourth-order valence-electron chi connectivity index (χ4n) is 1.78. The molecule has 0 aliphatic heterocycles. The molecule has 2 aromatic rings. The van der Waals surface area contributed by atoms with E-state index in [2.05, 4.69) is 12.2 Å². The van der Waals surface area contributed by atoms with Gasteiger partial charge in [-0.05, 0) is 25.6 Å². The Labute approximate surface area is 115 Å². The van der Waals surface area contributed by atoms with Crippen LogP contribution >= 0.6 is 34.5 Å². The van der Waals surface area contributed by atoms with Crippen LogP contribution in [0.2, 0.25) is 8.67 Å². The molecule has 92 valence electrons. The number of nitrogens with one attached hydrogen (secondary N) is 1. The summed E-state index contributed by atoms with van der Waals surface area (Å²) in [5.74, 6) is 0.889. The van der Waals surface area contributed by atoms with E-state index >= 15 is 0 Å². The van der Waals surface area contributed by atoms with Gasteiger partial charge >= 0.3 is 0 Å². The zero-order valence-electron chi connectivity index (χ0n) is 9.59. The van der Waals surface area contributed by atoms with Gasteiger partial charge in [0, 0.05) is 11.1 Å². The van der Waals surface area contributed by atoms with Gasteiger partial charge in [-0.25, -0.2) is 0 Å². The summed E-state index contributed by atoms with van der Waals surface area (Å²) in [5.41, 5.74) is 2.07. The van der Waals surface area contributed by atoms with Crippen molar-refractivity contribution >= 4 is 34.5 Å². The van der Waals surface area contributed by atoms with Gasteiger partial charge in [0.05, 0.1) is 21.0 Å². The van der Waals surface area contributed by atoms with Crippen LogP contribution in [0.4, 0.5) is 0 Å². The van der Waals surface area contributed by atoms with Crippen molar-refractivity contribution in [2.45, 2.75) is 19.9 Å². The second-order valence-electron chi connectivity index (χ2n) is 3.76. The Morgan fingerprint density at radius 1 is 1.41 bits per heavy atom. The van der Waals surface area contributed by atoms with E-state index in [1.54, 1.807) is 6.26 Å². The maximum absolute atomic E-state index is 6.20. The molecule has 0 aromatic carbocycles. The topological polar surface area (TPSA) is 25.2 Å².